The first kappa shape index (κ1) is 10.3. The van der Waals surface area contributed by atoms with Crippen LogP contribution in [0.3, 0.4) is 0 Å². The van der Waals surface area contributed by atoms with Gasteiger partial charge in [0.25, 0.3) is 0 Å². The van der Waals surface area contributed by atoms with Gasteiger partial charge in [-0.05, 0) is 0 Å². The summed E-state index contributed by atoms with van der Waals surface area (Å²) in [5, 5.41) is 22.5. The highest BCUT2D eigenvalue weighted by atomic mass is 35.5. The molecular weight excluding hydrogens is 226 g/mol. The maximum absolute atomic E-state index is 9.31. The normalized spacial score (nSPS) is 28.5. The van der Waals surface area contributed by atoms with Crippen LogP contribution in [-0.2, 0) is 6.54 Å². The van der Waals surface area contributed by atoms with Crippen LogP contribution in [0.4, 0.5) is 0 Å². The second-order valence-electron chi connectivity index (χ2n) is 3.32. The van der Waals surface area contributed by atoms with E-state index in [1.54, 1.807) is 0 Å². The average molecular weight is 236 g/mol. The van der Waals surface area contributed by atoms with Crippen molar-refractivity contribution in [3.05, 3.63) is 10.0 Å². The lowest BCUT2D eigenvalue weighted by molar-refractivity contribution is 0.0572. The molecule has 0 aliphatic carbocycles. The van der Waals surface area contributed by atoms with Gasteiger partial charge < -0.3 is 10.2 Å². The van der Waals surface area contributed by atoms with Gasteiger partial charge in [-0.2, -0.15) is 0 Å². The lowest BCUT2D eigenvalue weighted by Gasteiger charge is -2.11. The van der Waals surface area contributed by atoms with Gasteiger partial charge in [-0.3, -0.25) is 4.90 Å². The summed E-state index contributed by atoms with van der Waals surface area (Å²) in [5.74, 6) is 0. The Kier molecular flexibility index (Phi) is 2.99. The van der Waals surface area contributed by atoms with Crippen LogP contribution in [0.25, 0.3) is 0 Å². The minimum Gasteiger partial charge on any atom is -0.389 e. The lowest BCUT2D eigenvalue weighted by atomic mass is 10.3. The highest BCUT2D eigenvalue weighted by Gasteiger charge is 2.30. The molecule has 1 aliphatic heterocycles. The molecule has 2 unspecified atom stereocenters. The predicted molar refractivity (Wildman–Crippen MR) is 52.2 cm³/mol. The Balaban J connectivity index is 1.97. The fraction of sp³-hybridized carbons (Fsp3) is 0.714. The van der Waals surface area contributed by atoms with Crippen molar-refractivity contribution in [2.24, 2.45) is 0 Å². The molecule has 0 bridgehead atoms. The molecule has 1 fully saturated rings. The Bertz CT molecular complexity index is 312. The SMILES string of the molecule is OC1CN(Cc2nnsc2Cl)CC1O. The lowest BCUT2D eigenvalue weighted by Crippen LogP contribution is -2.22. The molecule has 1 aromatic rings. The first-order valence-electron chi connectivity index (χ1n) is 4.22. The molecule has 2 heterocycles. The van der Waals surface area contributed by atoms with Crippen molar-refractivity contribution in [3.8, 4) is 0 Å². The quantitative estimate of drug-likeness (QED) is 0.739. The number of hydrogen-bond acceptors (Lipinski definition) is 6. The molecule has 0 aromatic carbocycles. The Labute approximate surface area is 90.1 Å². The first-order chi connectivity index (χ1) is 6.66. The van der Waals surface area contributed by atoms with E-state index in [0.29, 0.717) is 29.7 Å². The zero-order valence-electron chi connectivity index (χ0n) is 7.30. The van der Waals surface area contributed by atoms with Crippen LogP contribution >= 0.6 is 23.1 Å². The standard InChI is InChI=1S/C7H10ClN3O2S/c8-7-4(9-10-14-7)1-11-2-5(12)6(13)3-11/h5-6,12-13H,1-3H2. The predicted octanol–water partition coefficient (Wildman–Crippen LogP) is -0.271. The average Bonchev–Trinajstić information content (AvgIpc) is 2.63. The van der Waals surface area contributed by atoms with E-state index < -0.39 is 12.2 Å². The minimum atomic E-state index is -0.666. The zero-order valence-corrected chi connectivity index (χ0v) is 8.87. The molecule has 2 N–H and O–H groups in total. The van der Waals surface area contributed by atoms with Gasteiger partial charge in [-0.1, -0.05) is 16.1 Å². The van der Waals surface area contributed by atoms with Gasteiger partial charge in [-0.25, -0.2) is 0 Å². The molecule has 14 heavy (non-hydrogen) atoms. The monoisotopic (exact) mass is 235 g/mol. The summed E-state index contributed by atoms with van der Waals surface area (Å²) in [5.41, 5.74) is 0.706. The van der Waals surface area contributed by atoms with Gasteiger partial charge in [0.05, 0.1) is 12.2 Å². The van der Waals surface area contributed by atoms with Crippen LogP contribution in [-0.4, -0.2) is 50.0 Å². The van der Waals surface area contributed by atoms with E-state index in [9.17, 15) is 10.2 Å². The summed E-state index contributed by atoms with van der Waals surface area (Å²) in [4.78, 5) is 1.90. The number of likely N-dealkylation sites (tertiary alicyclic amines) is 1. The maximum atomic E-state index is 9.31. The van der Waals surface area contributed by atoms with Crippen molar-refractivity contribution in [1.82, 2.24) is 14.5 Å². The van der Waals surface area contributed by atoms with E-state index in [-0.39, 0.29) is 0 Å². The molecule has 2 atom stereocenters. The Morgan fingerprint density at radius 2 is 2.07 bits per heavy atom. The molecule has 1 aromatic heterocycles. The van der Waals surface area contributed by atoms with Crippen LogP contribution in [0.5, 0.6) is 0 Å². The summed E-state index contributed by atoms with van der Waals surface area (Å²) < 4.78 is 4.28. The second kappa shape index (κ2) is 4.08. The van der Waals surface area contributed by atoms with E-state index in [1.165, 1.54) is 0 Å². The van der Waals surface area contributed by atoms with Crippen LogP contribution in [0, 0.1) is 0 Å². The van der Waals surface area contributed by atoms with Crippen LogP contribution in [0.2, 0.25) is 4.34 Å². The number of rotatable bonds is 2. The molecular formula is C7H10ClN3O2S. The fourth-order valence-electron chi connectivity index (χ4n) is 1.48. The summed E-state index contributed by atoms with van der Waals surface area (Å²) in [6.45, 7) is 1.44. The number of aromatic nitrogens is 2. The van der Waals surface area contributed by atoms with Crippen molar-refractivity contribution >= 4 is 23.1 Å². The summed E-state index contributed by atoms with van der Waals surface area (Å²) >= 11 is 6.97. The van der Waals surface area contributed by atoms with Gasteiger partial charge in [-0.15, -0.1) is 5.10 Å². The van der Waals surface area contributed by atoms with Gasteiger partial charge in [0, 0.05) is 31.2 Å². The second-order valence-corrected chi connectivity index (χ2v) is 4.68. The van der Waals surface area contributed by atoms with Crippen molar-refractivity contribution in [2.75, 3.05) is 13.1 Å². The van der Waals surface area contributed by atoms with Gasteiger partial charge >= 0.3 is 0 Å². The molecule has 1 aliphatic rings. The largest absolute Gasteiger partial charge is 0.389 e. The third kappa shape index (κ3) is 2.04. The molecule has 78 valence electrons. The molecule has 2 rings (SSSR count). The van der Waals surface area contributed by atoms with Crippen LogP contribution < -0.4 is 0 Å². The maximum Gasteiger partial charge on any atom is 0.138 e. The smallest absolute Gasteiger partial charge is 0.138 e. The highest BCUT2D eigenvalue weighted by molar-refractivity contribution is 7.10. The molecule has 5 nitrogen and oxygen atoms in total. The minimum absolute atomic E-state index is 0.453. The number of nitrogens with zero attached hydrogens (tertiary/aromatic N) is 3. The molecule has 0 saturated carbocycles. The number of hydrogen-bond donors (Lipinski definition) is 2. The summed E-state index contributed by atoms with van der Waals surface area (Å²) in [6.07, 6.45) is -1.33. The van der Waals surface area contributed by atoms with Crippen molar-refractivity contribution in [3.63, 3.8) is 0 Å². The Morgan fingerprint density at radius 1 is 1.43 bits per heavy atom. The summed E-state index contributed by atoms with van der Waals surface area (Å²) in [6, 6.07) is 0. The zero-order chi connectivity index (χ0) is 10.1. The van der Waals surface area contributed by atoms with Gasteiger partial charge in [0.1, 0.15) is 10.0 Å². The summed E-state index contributed by atoms with van der Waals surface area (Å²) in [7, 11) is 0. The van der Waals surface area contributed by atoms with E-state index in [4.69, 9.17) is 11.6 Å². The van der Waals surface area contributed by atoms with E-state index in [0.717, 1.165) is 11.5 Å². The number of aliphatic hydroxyl groups is 2. The van der Waals surface area contributed by atoms with E-state index >= 15 is 0 Å². The van der Waals surface area contributed by atoms with Crippen LogP contribution in [0.1, 0.15) is 5.69 Å². The first-order valence-corrected chi connectivity index (χ1v) is 5.37. The van der Waals surface area contributed by atoms with Gasteiger partial charge in [0.15, 0.2) is 0 Å². The van der Waals surface area contributed by atoms with E-state index in [1.807, 2.05) is 4.90 Å². The third-order valence-corrected chi connectivity index (χ3v) is 3.20. The van der Waals surface area contributed by atoms with Crippen molar-refractivity contribution in [1.29, 1.82) is 0 Å². The van der Waals surface area contributed by atoms with Crippen LogP contribution in [0.15, 0.2) is 0 Å². The topological polar surface area (TPSA) is 69.5 Å². The van der Waals surface area contributed by atoms with Gasteiger partial charge in [0.2, 0.25) is 0 Å². The van der Waals surface area contributed by atoms with Crippen molar-refractivity contribution < 1.29 is 10.2 Å². The fourth-order valence-corrected chi connectivity index (χ4v) is 2.09. The molecule has 0 amide bonds. The number of aliphatic hydroxyl groups excluding tert-OH is 2. The van der Waals surface area contributed by atoms with E-state index in [2.05, 4.69) is 9.59 Å². The van der Waals surface area contributed by atoms with Crippen molar-refractivity contribution in [2.45, 2.75) is 18.8 Å². The number of β-amino-alcohol motifs (C(OH)–C–C–N with tert-alkyl or cyclic N) is 2. The Hall–Kier alpha value is -0.270. The highest BCUT2D eigenvalue weighted by Crippen LogP contribution is 2.21. The third-order valence-electron chi connectivity index (χ3n) is 2.22. The Morgan fingerprint density at radius 3 is 2.57 bits per heavy atom. The molecule has 0 spiro atoms. The number of halogens is 1. The molecule has 1 saturated heterocycles. The molecule has 0 radical (unpaired) electrons. The molecule has 7 heteroatoms.